The summed E-state index contributed by atoms with van der Waals surface area (Å²) >= 11 is 0. The minimum atomic E-state index is -0.234. The number of aromatic nitrogens is 1. The summed E-state index contributed by atoms with van der Waals surface area (Å²) < 4.78 is 0. The molecular formula is C10H13N3O. The highest BCUT2D eigenvalue weighted by Crippen LogP contribution is 2.14. The van der Waals surface area contributed by atoms with Gasteiger partial charge in [-0.25, -0.2) is 0 Å². The number of nitrogens with zero attached hydrogens (tertiary/aromatic N) is 1. The van der Waals surface area contributed by atoms with Crippen LogP contribution in [0.25, 0.3) is 0 Å². The van der Waals surface area contributed by atoms with Gasteiger partial charge in [0.25, 0.3) is 0 Å². The maximum atomic E-state index is 11.5. The molecule has 1 fully saturated rings. The average molecular weight is 191 g/mol. The van der Waals surface area contributed by atoms with Crippen LogP contribution in [0.5, 0.6) is 0 Å². The van der Waals surface area contributed by atoms with Gasteiger partial charge in [0.1, 0.15) is 6.04 Å². The molecule has 2 rings (SSSR count). The zero-order valence-corrected chi connectivity index (χ0v) is 8.03. The molecule has 2 N–H and O–H groups in total. The van der Waals surface area contributed by atoms with Crippen LogP contribution < -0.4 is 10.6 Å². The topological polar surface area (TPSA) is 54.0 Å². The first-order chi connectivity index (χ1) is 6.77. The molecule has 74 valence electrons. The monoisotopic (exact) mass is 191 g/mol. The lowest BCUT2D eigenvalue weighted by Gasteiger charge is -2.28. The van der Waals surface area contributed by atoms with Crippen LogP contribution in [0.15, 0.2) is 24.5 Å². The van der Waals surface area contributed by atoms with E-state index < -0.39 is 0 Å². The predicted octanol–water partition coefficient (Wildman–Crippen LogP) is 0.231. The molecule has 0 bridgehead atoms. The molecule has 0 radical (unpaired) electrons. The maximum absolute atomic E-state index is 11.5. The Bertz CT molecular complexity index is 325. The molecule has 14 heavy (non-hydrogen) atoms. The lowest BCUT2D eigenvalue weighted by molar-refractivity contribution is -0.125. The molecule has 1 amide bonds. The first-order valence-corrected chi connectivity index (χ1v) is 4.71. The fourth-order valence-corrected chi connectivity index (χ4v) is 1.58. The number of hydrogen-bond acceptors (Lipinski definition) is 3. The van der Waals surface area contributed by atoms with Gasteiger partial charge in [0.15, 0.2) is 0 Å². The van der Waals surface area contributed by atoms with Crippen molar-refractivity contribution in [2.45, 2.75) is 19.0 Å². The van der Waals surface area contributed by atoms with E-state index in [9.17, 15) is 4.79 Å². The number of pyridine rings is 1. The number of hydrogen-bond donors (Lipinski definition) is 2. The van der Waals surface area contributed by atoms with Crippen LogP contribution in [0.2, 0.25) is 0 Å². The van der Waals surface area contributed by atoms with Gasteiger partial charge in [-0.1, -0.05) is 0 Å². The molecule has 4 heteroatoms. The Balaban J connectivity index is 2.20. The zero-order chi connectivity index (χ0) is 9.97. The van der Waals surface area contributed by atoms with Crippen LogP contribution in [0.1, 0.15) is 18.5 Å². The number of rotatable bonds is 1. The van der Waals surface area contributed by atoms with Crippen LogP contribution in [-0.4, -0.2) is 23.5 Å². The van der Waals surface area contributed by atoms with Crippen LogP contribution in [-0.2, 0) is 4.79 Å². The molecule has 2 atom stereocenters. The fraction of sp³-hybridized carbons (Fsp3) is 0.400. The molecule has 0 spiro atoms. The quantitative estimate of drug-likeness (QED) is 0.668. The molecule has 1 aliphatic rings. The van der Waals surface area contributed by atoms with Gasteiger partial charge < -0.3 is 5.32 Å². The van der Waals surface area contributed by atoms with E-state index in [1.54, 1.807) is 12.4 Å². The summed E-state index contributed by atoms with van der Waals surface area (Å²) in [5.41, 5.74) is 0.962. The summed E-state index contributed by atoms with van der Waals surface area (Å²) in [6, 6.07) is 3.79. The second kappa shape index (κ2) is 3.75. The van der Waals surface area contributed by atoms with Crippen molar-refractivity contribution in [1.82, 2.24) is 15.6 Å². The van der Waals surface area contributed by atoms with E-state index in [0.717, 1.165) is 5.56 Å². The average Bonchev–Trinajstić information content (AvgIpc) is 2.23. The van der Waals surface area contributed by atoms with Crippen molar-refractivity contribution in [3.05, 3.63) is 30.1 Å². The van der Waals surface area contributed by atoms with Crippen LogP contribution in [0.3, 0.4) is 0 Å². The smallest absolute Gasteiger partial charge is 0.241 e. The Morgan fingerprint density at radius 2 is 2.14 bits per heavy atom. The van der Waals surface area contributed by atoms with Crippen molar-refractivity contribution in [2.75, 3.05) is 6.54 Å². The van der Waals surface area contributed by atoms with Gasteiger partial charge in [0.05, 0.1) is 0 Å². The second-order valence-electron chi connectivity index (χ2n) is 3.53. The summed E-state index contributed by atoms with van der Waals surface area (Å²) in [5, 5.41) is 6.10. The van der Waals surface area contributed by atoms with Gasteiger partial charge in [0, 0.05) is 25.0 Å². The van der Waals surface area contributed by atoms with Crippen molar-refractivity contribution >= 4 is 5.91 Å². The summed E-state index contributed by atoms with van der Waals surface area (Å²) in [5.74, 6) is 0.0364. The third-order valence-corrected chi connectivity index (χ3v) is 2.34. The molecule has 1 aliphatic heterocycles. The van der Waals surface area contributed by atoms with Gasteiger partial charge >= 0.3 is 0 Å². The van der Waals surface area contributed by atoms with E-state index >= 15 is 0 Å². The maximum Gasteiger partial charge on any atom is 0.241 e. The fourth-order valence-electron chi connectivity index (χ4n) is 1.58. The third kappa shape index (κ3) is 1.75. The summed E-state index contributed by atoms with van der Waals surface area (Å²) in [6.07, 6.45) is 3.40. The van der Waals surface area contributed by atoms with E-state index in [0.29, 0.717) is 12.6 Å². The van der Waals surface area contributed by atoms with Crippen molar-refractivity contribution in [3.8, 4) is 0 Å². The molecule has 0 saturated carbocycles. The van der Waals surface area contributed by atoms with Crippen LogP contribution in [0.4, 0.5) is 0 Å². The highest BCUT2D eigenvalue weighted by atomic mass is 16.2. The van der Waals surface area contributed by atoms with Gasteiger partial charge in [-0.3, -0.25) is 15.1 Å². The largest absolute Gasteiger partial charge is 0.353 e. The van der Waals surface area contributed by atoms with Crippen molar-refractivity contribution in [1.29, 1.82) is 0 Å². The number of amides is 1. The Kier molecular flexibility index (Phi) is 2.45. The SMILES string of the molecule is CC1CNC(=O)C(c2ccncc2)N1. The summed E-state index contributed by atoms with van der Waals surface area (Å²) in [7, 11) is 0. The van der Waals surface area contributed by atoms with Crippen molar-refractivity contribution < 1.29 is 4.79 Å². The zero-order valence-electron chi connectivity index (χ0n) is 8.03. The second-order valence-corrected chi connectivity index (χ2v) is 3.53. The Hall–Kier alpha value is -1.42. The molecule has 2 unspecified atom stereocenters. The van der Waals surface area contributed by atoms with Gasteiger partial charge in [-0.05, 0) is 24.6 Å². The van der Waals surface area contributed by atoms with E-state index in [2.05, 4.69) is 15.6 Å². The van der Waals surface area contributed by atoms with Gasteiger partial charge in [0.2, 0.25) is 5.91 Å². The molecule has 1 saturated heterocycles. The lowest BCUT2D eigenvalue weighted by atomic mass is 10.0. The third-order valence-electron chi connectivity index (χ3n) is 2.34. The first kappa shape index (κ1) is 9.15. The van der Waals surface area contributed by atoms with Crippen LogP contribution in [0, 0.1) is 0 Å². The highest BCUT2D eigenvalue weighted by Gasteiger charge is 2.26. The molecular weight excluding hydrogens is 178 g/mol. The Labute approximate surface area is 82.7 Å². The van der Waals surface area contributed by atoms with E-state index in [-0.39, 0.29) is 11.9 Å². The normalized spacial score (nSPS) is 27.1. The number of carbonyl (C=O) groups is 1. The standard InChI is InChI=1S/C10H13N3O/c1-7-6-12-10(14)9(13-7)8-2-4-11-5-3-8/h2-5,7,9,13H,6H2,1H3,(H,12,14). The van der Waals surface area contributed by atoms with E-state index in [1.807, 2.05) is 19.1 Å². The molecule has 0 aliphatic carbocycles. The lowest BCUT2D eigenvalue weighted by Crippen LogP contribution is -2.52. The van der Waals surface area contributed by atoms with Crippen LogP contribution >= 0.6 is 0 Å². The molecule has 1 aromatic heterocycles. The summed E-state index contributed by atoms with van der Waals surface area (Å²) in [4.78, 5) is 15.5. The molecule has 2 heterocycles. The van der Waals surface area contributed by atoms with E-state index in [4.69, 9.17) is 0 Å². The minimum Gasteiger partial charge on any atom is -0.353 e. The Morgan fingerprint density at radius 3 is 2.86 bits per heavy atom. The van der Waals surface area contributed by atoms with Crippen molar-refractivity contribution in [3.63, 3.8) is 0 Å². The number of carbonyl (C=O) groups excluding carboxylic acids is 1. The van der Waals surface area contributed by atoms with Crippen molar-refractivity contribution in [2.24, 2.45) is 0 Å². The highest BCUT2D eigenvalue weighted by molar-refractivity contribution is 5.83. The number of nitrogens with one attached hydrogen (secondary N) is 2. The predicted molar refractivity (Wildman–Crippen MR) is 52.6 cm³/mol. The van der Waals surface area contributed by atoms with E-state index in [1.165, 1.54) is 0 Å². The summed E-state index contributed by atoms with van der Waals surface area (Å²) in [6.45, 7) is 2.74. The molecule has 4 nitrogen and oxygen atoms in total. The van der Waals surface area contributed by atoms with Gasteiger partial charge in [-0.15, -0.1) is 0 Å². The molecule has 0 aromatic carbocycles. The minimum absolute atomic E-state index is 0.0364. The van der Waals surface area contributed by atoms with Gasteiger partial charge in [-0.2, -0.15) is 0 Å². The first-order valence-electron chi connectivity index (χ1n) is 4.71. The number of piperazine rings is 1. The Morgan fingerprint density at radius 1 is 1.43 bits per heavy atom. The molecule has 1 aromatic rings.